The van der Waals surface area contributed by atoms with Gasteiger partial charge in [0, 0.05) is 29.8 Å². The van der Waals surface area contributed by atoms with E-state index in [0.29, 0.717) is 23.6 Å². The van der Waals surface area contributed by atoms with Crippen LogP contribution in [0.5, 0.6) is 11.5 Å². The molecule has 1 aliphatic rings. The van der Waals surface area contributed by atoms with E-state index in [0.717, 1.165) is 24.0 Å². The number of amides is 2. The van der Waals surface area contributed by atoms with Gasteiger partial charge in [0.05, 0.1) is 20.6 Å². The number of ether oxygens (including phenoxy) is 2. The van der Waals surface area contributed by atoms with Crippen molar-refractivity contribution in [3.63, 3.8) is 0 Å². The molecular formula is C21H24N2O4. The maximum absolute atomic E-state index is 13.0. The van der Waals surface area contributed by atoms with Gasteiger partial charge >= 0.3 is 0 Å². The molecule has 2 amide bonds. The summed E-state index contributed by atoms with van der Waals surface area (Å²) in [6, 6.07) is 12.8. The lowest BCUT2D eigenvalue weighted by Gasteiger charge is -2.23. The molecule has 0 aliphatic heterocycles. The highest BCUT2D eigenvalue weighted by atomic mass is 16.5. The SMILES string of the molecule is COc1ccc(CC(=O)N(Cc2ccc(C(N)=O)cc2)C2CC2)c(OC)c1. The molecule has 1 saturated carbocycles. The van der Waals surface area contributed by atoms with Crippen LogP contribution in [0.4, 0.5) is 0 Å². The molecule has 0 unspecified atom stereocenters. The van der Waals surface area contributed by atoms with Crippen molar-refractivity contribution in [1.29, 1.82) is 0 Å². The smallest absolute Gasteiger partial charge is 0.248 e. The number of benzene rings is 2. The first kappa shape index (κ1) is 18.8. The molecule has 2 aromatic rings. The molecule has 2 aromatic carbocycles. The van der Waals surface area contributed by atoms with Gasteiger partial charge in [-0.25, -0.2) is 0 Å². The Balaban J connectivity index is 1.73. The van der Waals surface area contributed by atoms with Crippen LogP contribution in [-0.4, -0.2) is 37.0 Å². The number of hydrogen-bond acceptors (Lipinski definition) is 4. The first-order valence-corrected chi connectivity index (χ1v) is 8.91. The standard InChI is InChI=1S/C21H24N2O4/c1-26-18-10-7-16(19(12-18)27-2)11-20(24)23(17-8-9-17)13-14-3-5-15(6-4-14)21(22)25/h3-7,10,12,17H,8-9,11,13H2,1-2H3,(H2,22,25). The second kappa shape index (κ2) is 8.12. The molecule has 3 rings (SSSR count). The second-order valence-electron chi connectivity index (χ2n) is 6.67. The molecule has 0 aromatic heterocycles. The van der Waals surface area contributed by atoms with E-state index in [1.54, 1.807) is 32.4 Å². The average Bonchev–Trinajstić information content (AvgIpc) is 3.51. The molecule has 142 valence electrons. The van der Waals surface area contributed by atoms with E-state index in [2.05, 4.69) is 0 Å². The summed E-state index contributed by atoms with van der Waals surface area (Å²) in [6.07, 6.45) is 2.30. The third kappa shape index (κ3) is 4.58. The molecule has 0 heterocycles. The number of methoxy groups -OCH3 is 2. The van der Waals surface area contributed by atoms with E-state index in [9.17, 15) is 9.59 Å². The van der Waals surface area contributed by atoms with Crippen LogP contribution in [0.15, 0.2) is 42.5 Å². The van der Waals surface area contributed by atoms with Gasteiger partial charge in [-0.1, -0.05) is 18.2 Å². The Morgan fingerprint density at radius 3 is 2.33 bits per heavy atom. The monoisotopic (exact) mass is 368 g/mol. The highest BCUT2D eigenvalue weighted by Gasteiger charge is 2.32. The van der Waals surface area contributed by atoms with Crippen LogP contribution in [-0.2, 0) is 17.8 Å². The number of carbonyl (C=O) groups excluding carboxylic acids is 2. The van der Waals surface area contributed by atoms with Crippen molar-refractivity contribution in [1.82, 2.24) is 4.90 Å². The maximum atomic E-state index is 13.0. The molecular weight excluding hydrogens is 344 g/mol. The van der Waals surface area contributed by atoms with Crippen molar-refractivity contribution >= 4 is 11.8 Å². The minimum atomic E-state index is -0.455. The van der Waals surface area contributed by atoms with Gasteiger partial charge in [0.15, 0.2) is 0 Å². The molecule has 1 fully saturated rings. The Morgan fingerprint density at radius 2 is 1.78 bits per heavy atom. The van der Waals surface area contributed by atoms with Crippen LogP contribution in [0.25, 0.3) is 0 Å². The summed E-state index contributed by atoms with van der Waals surface area (Å²) in [5.74, 6) is 0.934. The summed E-state index contributed by atoms with van der Waals surface area (Å²) in [7, 11) is 3.18. The predicted molar refractivity (Wildman–Crippen MR) is 102 cm³/mol. The predicted octanol–water partition coefficient (Wildman–Crippen LogP) is 2.54. The van der Waals surface area contributed by atoms with Crippen molar-refractivity contribution in [2.75, 3.05) is 14.2 Å². The molecule has 6 nitrogen and oxygen atoms in total. The lowest BCUT2D eigenvalue weighted by atomic mass is 10.1. The fourth-order valence-corrected chi connectivity index (χ4v) is 3.04. The van der Waals surface area contributed by atoms with Gasteiger partial charge in [0.25, 0.3) is 0 Å². The lowest BCUT2D eigenvalue weighted by Crippen LogP contribution is -2.33. The second-order valence-corrected chi connectivity index (χ2v) is 6.67. The maximum Gasteiger partial charge on any atom is 0.248 e. The van der Waals surface area contributed by atoms with Gasteiger partial charge in [-0.05, 0) is 36.6 Å². The normalized spacial score (nSPS) is 13.1. The Hall–Kier alpha value is -3.02. The summed E-state index contributed by atoms with van der Waals surface area (Å²) in [6.45, 7) is 0.515. The summed E-state index contributed by atoms with van der Waals surface area (Å²) in [5, 5.41) is 0. The van der Waals surface area contributed by atoms with Crippen molar-refractivity contribution in [3.8, 4) is 11.5 Å². The van der Waals surface area contributed by atoms with Crippen molar-refractivity contribution in [2.45, 2.75) is 31.8 Å². The Kier molecular flexibility index (Phi) is 5.64. The molecule has 6 heteroatoms. The zero-order chi connectivity index (χ0) is 19.4. The number of hydrogen-bond donors (Lipinski definition) is 1. The minimum Gasteiger partial charge on any atom is -0.497 e. The third-order valence-electron chi connectivity index (χ3n) is 4.74. The molecule has 0 bridgehead atoms. The van der Waals surface area contributed by atoms with Crippen molar-refractivity contribution in [2.24, 2.45) is 5.73 Å². The van der Waals surface area contributed by atoms with Gasteiger partial charge < -0.3 is 20.1 Å². The van der Waals surface area contributed by atoms with Crippen molar-refractivity contribution in [3.05, 3.63) is 59.2 Å². The molecule has 1 aliphatic carbocycles. The molecule has 0 radical (unpaired) electrons. The van der Waals surface area contributed by atoms with E-state index in [1.165, 1.54) is 0 Å². The van der Waals surface area contributed by atoms with Crippen LogP contribution in [0.3, 0.4) is 0 Å². The van der Waals surface area contributed by atoms with Gasteiger partial charge in [-0.3, -0.25) is 9.59 Å². The Morgan fingerprint density at radius 1 is 1.07 bits per heavy atom. The number of carbonyl (C=O) groups is 2. The van der Waals surface area contributed by atoms with Gasteiger partial charge in [0.2, 0.25) is 11.8 Å². The molecule has 2 N–H and O–H groups in total. The summed E-state index contributed by atoms with van der Waals surface area (Å²) < 4.78 is 10.6. The van der Waals surface area contributed by atoms with E-state index >= 15 is 0 Å². The fraction of sp³-hybridized carbons (Fsp3) is 0.333. The van der Waals surface area contributed by atoms with E-state index in [1.807, 2.05) is 29.2 Å². The topological polar surface area (TPSA) is 81.9 Å². The summed E-state index contributed by atoms with van der Waals surface area (Å²) in [4.78, 5) is 26.1. The minimum absolute atomic E-state index is 0.0555. The zero-order valence-electron chi connectivity index (χ0n) is 15.6. The van der Waals surface area contributed by atoms with E-state index < -0.39 is 5.91 Å². The highest BCUT2D eigenvalue weighted by Crippen LogP contribution is 2.31. The molecule has 0 spiro atoms. The van der Waals surface area contributed by atoms with Gasteiger partial charge in [-0.15, -0.1) is 0 Å². The molecule has 27 heavy (non-hydrogen) atoms. The van der Waals surface area contributed by atoms with Gasteiger partial charge in [0.1, 0.15) is 11.5 Å². The van der Waals surface area contributed by atoms with Crippen LogP contribution < -0.4 is 15.2 Å². The zero-order valence-corrected chi connectivity index (χ0v) is 15.6. The largest absolute Gasteiger partial charge is 0.497 e. The van der Waals surface area contributed by atoms with E-state index in [4.69, 9.17) is 15.2 Å². The van der Waals surface area contributed by atoms with Crippen LogP contribution in [0, 0.1) is 0 Å². The third-order valence-corrected chi connectivity index (χ3v) is 4.74. The molecule has 0 atom stereocenters. The van der Waals surface area contributed by atoms with E-state index in [-0.39, 0.29) is 18.4 Å². The summed E-state index contributed by atoms with van der Waals surface area (Å²) in [5.41, 5.74) is 7.55. The number of rotatable bonds is 8. The Labute approximate surface area is 158 Å². The lowest BCUT2D eigenvalue weighted by molar-refractivity contribution is -0.131. The number of nitrogens with zero attached hydrogens (tertiary/aromatic N) is 1. The van der Waals surface area contributed by atoms with Crippen LogP contribution in [0.2, 0.25) is 0 Å². The highest BCUT2D eigenvalue weighted by molar-refractivity contribution is 5.92. The molecule has 0 saturated heterocycles. The van der Waals surface area contributed by atoms with Crippen LogP contribution >= 0.6 is 0 Å². The fourth-order valence-electron chi connectivity index (χ4n) is 3.04. The van der Waals surface area contributed by atoms with Crippen LogP contribution in [0.1, 0.15) is 34.3 Å². The average molecular weight is 368 g/mol. The Bertz CT molecular complexity index is 829. The summed E-state index contributed by atoms with van der Waals surface area (Å²) >= 11 is 0. The first-order valence-electron chi connectivity index (χ1n) is 8.91. The van der Waals surface area contributed by atoms with Crippen molar-refractivity contribution < 1.29 is 19.1 Å². The number of primary amides is 1. The first-order chi connectivity index (χ1) is 13.0. The quantitative estimate of drug-likeness (QED) is 0.776. The van der Waals surface area contributed by atoms with Gasteiger partial charge in [-0.2, -0.15) is 0 Å². The number of nitrogens with two attached hydrogens (primary N) is 1.